The summed E-state index contributed by atoms with van der Waals surface area (Å²) in [6, 6.07) is 11.5. The van der Waals surface area contributed by atoms with E-state index in [-0.39, 0.29) is 5.91 Å². The van der Waals surface area contributed by atoms with Crippen molar-refractivity contribution in [3.05, 3.63) is 63.1 Å². The van der Waals surface area contributed by atoms with Crippen LogP contribution in [0.25, 0.3) is 0 Å². The Hall–Kier alpha value is -1.85. The largest absolute Gasteiger partial charge is 0.465 e. The first-order chi connectivity index (χ1) is 10.0. The highest BCUT2D eigenvalue weighted by atomic mass is 79.9. The second-order valence-electron chi connectivity index (χ2n) is 4.12. The summed E-state index contributed by atoms with van der Waals surface area (Å²) in [6.07, 6.45) is 0. The van der Waals surface area contributed by atoms with Crippen molar-refractivity contribution in [3.8, 4) is 0 Å². The van der Waals surface area contributed by atoms with E-state index in [2.05, 4.69) is 26.0 Å². The fourth-order valence-electron chi connectivity index (χ4n) is 1.69. The van der Waals surface area contributed by atoms with Crippen LogP contribution in [-0.4, -0.2) is 19.0 Å². The van der Waals surface area contributed by atoms with Crippen LogP contribution in [0.15, 0.2) is 46.9 Å². The fourth-order valence-corrected chi connectivity index (χ4v) is 2.26. The summed E-state index contributed by atoms with van der Waals surface area (Å²) >= 11 is 9.34. The Bertz CT molecular complexity index is 686. The Morgan fingerprint density at radius 3 is 2.43 bits per heavy atom. The zero-order chi connectivity index (χ0) is 15.4. The maximum atomic E-state index is 12.2. The Morgan fingerprint density at radius 1 is 1.14 bits per heavy atom. The van der Waals surface area contributed by atoms with Gasteiger partial charge in [-0.3, -0.25) is 4.79 Å². The second kappa shape index (κ2) is 6.74. The molecule has 0 fully saturated rings. The summed E-state index contributed by atoms with van der Waals surface area (Å²) < 4.78 is 5.26. The van der Waals surface area contributed by atoms with Crippen molar-refractivity contribution >= 4 is 45.1 Å². The zero-order valence-corrected chi connectivity index (χ0v) is 13.4. The average Bonchev–Trinajstić information content (AvgIpc) is 2.50. The van der Waals surface area contributed by atoms with Crippen LogP contribution in [0.2, 0.25) is 5.02 Å². The zero-order valence-electron chi connectivity index (χ0n) is 11.0. The SMILES string of the molecule is COC(=O)c1ccc(NC(=O)c2cccc(Br)c2Cl)cc1. The predicted molar refractivity (Wildman–Crippen MR) is 84.9 cm³/mol. The van der Waals surface area contributed by atoms with Crippen molar-refractivity contribution in [1.82, 2.24) is 0 Å². The highest BCUT2D eigenvalue weighted by Gasteiger charge is 2.13. The lowest BCUT2D eigenvalue weighted by Gasteiger charge is -2.08. The minimum atomic E-state index is -0.428. The number of carbonyl (C=O) groups is 2. The van der Waals surface area contributed by atoms with Gasteiger partial charge in [0.05, 0.1) is 23.3 Å². The van der Waals surface area contributed by atoms with Gasteiger partial charge in [-0.15, -0.1) is 0 Å². The van der Waals surface area contributed by atoms with E-state index >= 15 is 0 Å². The molecule has 0 aliphatic carbocycles. The number of nitrogens with one attached hydrogen (secondary N) is 1. The first-order valence-corrected chi connectivity index (χ1v) is 7.13. The number of halogens is 2. The number of esters is 1. The number of hydrogen-bond acceptors (Lipinski definition) is 3. The van der Waals surface area contributed by atoms with E-state index in [1.807, 2.05) is 0 Å². The molecular formula is C15H11BrClNO3. The Balaban J connectivity index is 2.16. The van der Waals surface area contributed by atoms with Crippen molar-refractivity contribution in [3.63, 3.8) is 0 Å². The van der Waals surface area contributed by atoms with Gasteiger partial charge in [0.25, 0.3) is 5.91 Å². The minimum Gasteiger partial charge on any atom is -0.465 e. The summed E-state index contributed by atoms with van der Waals surface area (Å²) in [4.78, 5) is 23.5. The number of benzene rings is 2. The molecule has 0 saturated carbocycles. The highest BCUT2D eigenvalue weighted by molar-refractivity contribution is 9.10. The molecule has 2 rings (SSSR count). The van der Waals surface area contributed by atoms with Crippen LogP contribution in [-0.2, 0) is 4.74 Å². The molecule has 1 N–H and O–H groups in total. The molecule has 0 aliphatic rings. The fraction of sp³-hybridized carbons (Fsp3) is 0.0667. The lowest BCUT2D eigenvalue weighted by molar-refractivity contribution is 0.0600. The molecule has 0 aliphatic heterocycles. The monoisotopic (exact) mass is 367 g/mol. The van der Waals surface area contributed by atoms with E-state index in [1.165, 1.54) is 7.11 Å². The van der Waals surface area contributed by atoms with E-state index in [0.717, 1.165) is 0 Å². The number of anilines is 1. The maximum absolute atomic E-state index is 12.2. The van der Waals surface area contributed by atoms with Crippen LogP contribution in [0.5, 0.6) is 0 Å². The van der Waals surface area contributed by atoms with Gasteiger partial charge in [-0.1, -0.05) is 17.7 Å². The maximum Gasteiger partial charge on any atom is 0.337 e. The van der Waals surface area contributed by atoms with Crippen molar-refractivity contribution < 1.29 is 14.3 Å². The predicted octanol–water partition coefficient (Wildman–Crippen LogP) is 4.14. The third kappa shape index (κ3) is 3.62. The molecule has 0 radical (unpaired) electrons. The molecule has 21 heavy (non-hydrogen) atoms. The van der Waals surface area contributed by atoms with Gasteiger partial charge in [0, 0.05) is 10.2 Å². The van der Waals surface area contributed by atoms with Gasteiger partial charge in [0.1, 0.15) is 0 Å². The molecule has 4 nitrogen and oxygen atoms in total. The van der Waals surface area contributed by atoms with Crippen LogP contribution in [0.3, 0.4) is 0 Å². The Kier molecular flexibility index (Phi) is 4.98. The molecule has 2 aromatic rings. The summed E-state index contributed by atoms with van der Waals surface area (Å²) in [5.74, 6) is -0.755. The van der Waals surface area contributed by atoms with Crippen molar-refractivity contribution in [2.24, 2.45) is 0 Å². The van der Waals surface area contributed by atoms with Crippen molar-refractivity contribution in [1.29, 1.82) is 0 Å². The standard InChI is InChI=1S/C15H11BrClNO3/c1-21-15(20)9-5-7-10(8-6-9)18-14(19)11-3-2-4-12(16)13(11)17/h2-8H,1H3,(H,18,19). The quantitative estimate of drug-likeness (QED) is 0.828. The van der Waals surface area contributed by atoms with Crippen LogP contribution in [0.4, 0.5) is 5.69 Å². The number of amides is 1. The molecular weight excluding hydrogens is 358 g/mol. The van der Waals surface area contributed by atoms with E-state index in [0.29, 0.717) is 26.3 Å². The van der Waals surface area contributed by atoms with E-state index in [1.54, 1.807) is 42.5 Å². The molecule has 0 bridgehead atoms. The molecule has 0 saturated heterocycles. The number of hydrogen-bond donors (Lipinski definition) is 1. The topological polar surface area (TPSA) is 55.4 Å². The highest BCUT2D eigenvalue weighted by Crippen LogP contribution is 2.26. The van der Waals surface area contributed by atoms with Gasteiger partial charge in [0.2, 0.25) is 0 Å². The number of ether oxygens (including phenoxy) is 1. The van der Waals surface area contributed by atoms with Crippen LogP contribution >= 0.6 is 27.5 Å². The van der Waals surface area contributed by atoms with Gasteiger partial charge in [-0.25, -0.2) is 4.79 Å². The number of rotatable bonds is 3. The summed E-state index contributed by atoms with van der Waals surface area (Å²) in [5.41, 5.74) is 1.34. The molecule has 108 valence electrons. The first kappa shape index (κ1) is 15.5. The molecule has 1 amide bonds. The third-order valence-electron chi connectivity index (χ3n) is 2.76. The summed E-state index contributed by atoms with van der Waals surface area (Å²) in [6.45, 7) is 0. The van der Waals surface area contributed by atoms with Gasteiger partial charge in [-0.2, -0.15) is 0 Å². The molecule has 0 atom stereocenters. The Morgan fingerprint density at radius 2 is 1.81 bits per heavy atom. The smallest absolute Gasteiger partial charge is 0.337 e. The number of methoxy groups -OCH3 is 1. The van der Waals surface area contributed by atoms with Crippen molar-refractivity contribution in [2.75, 3.05) is 12.4 Å². The van der Waals surface area contributed by atoms with E-state index in [4.69, 9.17) is 11.6 Å². The van der Waals surface area contributed by atoms with Gasteiger partial charge in [-0.05, 0) is 52.3 Å². The van der Waals surface area contributed by atoms with Crippen LogP contribution in [0, 0.1) is 0 Å². The van der Waals surface area contributed by atoms with Crippen LogP contribution < -0.4 is 5.32 Å². The normalized spacial score (nSPS) is 10.0. The van der Waals surface area contributed by atoms with Gasteiger partial charge in [0.15, 0.2) is 0 Å². The lowest BCUT2D eigenvalue weighted by atomic mass is 10.2. The molecule has 0 spiro atoms. The molecule has 0 unspecified atom stereocenters. The van der Waals surface area contributed by atoms with Crippen LogP contribution in [0.1, 0.15) is 20.7 Å². The van der Waals surface area contributed by atoms with Gasteiger partial charge >= 0.3 is 5.97 Å². The van der Waals surface area contributed by atoms with E-state index < -0.39 is 5.97 Å². The molecule has 2 aromatic carbocycles. The first-order valence-electron chi connectivity index (χ1n) is 5.96. The number of carbonyl (C=O) groups excluding carboxylic acids is 2. The summed E-state index contributed by atoms with van der Waals surface area (Å²) in [7, 11) is 1.31. The average molecular weight is 369 g/mol. The minimum absolute atomic E-state index is 0.327. The third-order valence-corrected chi connectivity index (χ3v) is 4.06. The molecule has 0 heterocycles. The molecule has 0 aromatic heterocycles. The second-order valence-corrected chi connectivity index (χ2v) is 5.36. The Labute approximate surface area is 135 Å². The van der Waals surface area contributed by atoms with Gasteiger partial charge < -0.3 is 10.1 Å². The summed E-state index contributed by atoms with van der Waals surface area (Å²) in [5, 5.41) is 3.06. The lowest BCUT2D eigenvalue weighted by Crippen LogP contribution is -2.12. The van der Waals surface area contributed by atoms with E-state index in [9.17, 15) is 9.59 Å². The van der Waals surface area contributed by atoms with Crippen molar-refractivity contribution in [2.45, 2.75) is 0 Å². The molecule has 6 heteroatoms.